The van der Waals surface area contributed by atoms with Gasteiger partial charge in [-0.05, 0) is 39.2 Å². The minimum absolute atomic E-state index is 0.0129. The number of anilines is 1. The summed E-state index contributed by atoms with van der Waals surface area (Å²) in [6.07, 6.45) is 6.44. The van der Waals surface area contributed by atoms with Gasteiger partial charge in [0.25, 0.3) is 5.91 Å². The quantitative estimate of drug-likeness (QED) is 0.309. The number of H-pyrrole nitrogens is 1. The number of pyridine rings is 1. The van der Waals surface area contributed by atoms with Gasteiger partial charge in [-0.25, -0.2) is 23.4 Å². The fraction of sp³-hybridized carbons (Fsp3) is 0.346. The molecule has 13 nitrogen and oxygen atoms in total. The van der Waals surface area contributed by atoms with Crippen molar-refractivity contribution in [1.29, 1.82) is 0 Å². The number of fused-ring (bicyclic) bond motifs is 3. The first-order chi connectivity index (χ1) is 19.6. The topological polar surface area (TPSA) is 178 Å². The number of aryl methyl sites for hydroxylation is 2. The summed E-state index contributed by atoms with van der Waals surface area (Å²) in [6.45, 7) is 3.68. The molecule has 1 amide bonds. The number of carbonyl (C=O) groups is 1. The Hall–Kier alpha value is -4.24. The lowest BCUT2D eigenvalue weighted by Crippen LogP contribution is -2.62. The lowest BCUT2D eigenvalue weighted by atomic mass is 9.72. The van der Waals surface area contributed by atoms with Crippen LogP contribution in [0.25, 0.3) is 27.5 Å². The molecule has 1 aliphatic carbocycles. The van der Waals surface area contributed by atoms with E-state index in [1.54, 1.807) is 19.3 Å². The van der Waals surface area contributed by atoms with E-state index >= 15 is 0 Å². The highest BCUT2D eigenvalue weighted by atomic mass is 32.2. The Kier molecular flexibility index (Phi) is 5.73. The first kappa shape index (κ1) is 25.7. The van der Waals surface area contributed by atoms with E-state index in [1.807, 2.05) is 29.3 Å². The second-order valence-corrected chi connectivity index (χ2v) is 13.5. The molecule has 15 heteroatoms. The van der Waals surface area contributed by atoms with Gasteiger partial charge < -0.3 is 10.6 Å². The van der Waals surface area contributed by atoms with Crippen LogP contribution in [0.3, 0.4) is 0 Å². The molecule has 2 unspecified atom stereocenters. The average Bonchev–Trinajstić information content (AvgIpc) is 3.68. The molecule has 2 aliphatic heterocycles. The maximum atomic E-state index is 13.1. The largest absolute Gasteiger partial charge is 0.382 e. The van der Waals surface area contributed by atoms with Gasteiger partial charge in [-0.2, -0.15) is 9.61 Å². The smallest absolute Gasteiger partial charge is 0.294 e. The van der Waals surface area contributed by atoms with Crippen molar-refractivity contribution in [3.8, 4) is 21.8 Å². The minimum Gasteiger partial charge on any atom is -0.382 e. The predicted molar refractivity (Wildman–Crippen MR) is 151 cm³/mol. The fourth-order valence-corrected chi connectivity index (χ4v) is 7.84. The maximum absolute atomic E-state index is 13.1. The normalized spacial score (nSPS) is 20.4. The predicted octanol–water partition coefficient (Wildman–Crippen LogP) is 2.80. The van der Waals surface area contributed by atoms with Crippen LogP contribution in [0.1, 0.15) is 53.0 Å². The third-order valence-corrected chi connectivity index (χ3v) is 9.94. The molecule has 2 bridgehead atoms. The van der Waals surface area contributed by atoms with Gasteiger partial charge in [-0.3, -0.25) is 14.9 Å². The van der Waals surface area contributed by atoms with E-state index in [2.05, 4.69) is 30.2 Å². The van der Waals surface area contributed by atoms with Crippen LogP contribution >= 0.6 is 11.3 Å². The molecule has 8 rings (SSSR count). The summed E-state index contributed by atoms with van der Waals surface area (Å²) in [5.74, 6) is 0.310. The van der Waals surface area contributed by atoms with E-state index in [1.165, 1.54) is 15.9 Å². The Morgan fingerprint density at radius 1 is 1.10 bits per heavy atom. The Morgan fingerprint density at radius 3 is 2.49 bits per heavy atom. The van der Waals surface area contributed by atoms with Gasteiger partial charge in [0.05, 0.1) is 17.6 Å². The zero-order valence-electron chi connectivity index (χ0n) is 22.4. The van der Waals surface area contributed by atoms with Gasteiger partial charge in [0.1, 0.15) is 21.5 Å². The number of sulfone groups is 1. The van der Waals surface area contributed by atoms with Gasteiger partial charge in [0.15, 0.2) is 15.5 Å². The molecule has 0 aromatic carbocycles. The van der Waals surface area contributed by atoms with Crippen LogP contribution in [0, 0.1) is 13.8 Å². The summed E-state index contributed by atoms with van der Waals surface area (Å²) in [7, 11) is -3.74. The first-order valence-corrected chi connectivity index (χ1v) is 15.8. The van der Waals surface area contributed by atoms with Crippen LogP contribution < -0.4 is 5.73 Å². The number of nitrogens with one attached hydrogen (secondary N) is 1. The molecule has 41 heavy (non-hydrogen) atoms. The molecular formula is C26H26N10O3S2. The van der Waals surface area contributed by atoms with E-state index in [0.717, 1.165) is 34.6 Å². The third-order valence-electron chi connectivity index (χ3n) is 7.80. The highest BCUT2D eigenvalue weighted by molar-refractivity contribution is 7.91. The number of nitrogens with two attached hydrogens (primary N) is 1. The van der Waals surface area contributed by atoms with E-state index < -0.39 is 9.84 Å². The van der Waals surface area contributed by atoms with Gasteiger partial charge in [0.2, 0.25) is 5.82 Å². The van der Waals surface area contributed by atoms with Crippen LogP contribution in [0.2, 0.25) is 0 Å². The fourth-order valence-electron chi connectivity index (χ4n) is 6.01. The molecule has 3 N–H and O–H groups in total. The summed E-state index contributed by atoms with van der Waals surface area (Å²) < 4.78 is 27.4. The van der Waals surface area contributed by atoms with E-state index in [9.17, 15) is 13.2 Å². The number of nitrogen functional groups attached to an aromatic ring is 1. The van der Waals surface area contributed by atoms with E-state index in [0.29, 0.717) is 35.6 Å². The van der Waals surface area contributed by atoms with Gasteiger partial charge in [-0.15, -0.1) is 16.4 Å². The third kappa shape index (κ3) is 4.18. The number of aromatic amines is 1. The number of carbonyl (C=O) groups excluding carboxylic acids is 1. The number of hydrogen-bond acceptors (Lipinski definition) is 11. The van der Waals surface area contributed by atoms with Crippen molar-refractivity contribution in [2.24, 2.45) is 0 Å². The van der Waals surface area contributed by atoms with E-state index in [4.69, 9.17) is 10.7 Å². The van der Waals surface area contributed by atoms with Crippen molar-refractivity contribution in [1.82, 2.24) is 44.6 Å². The van der Waals surface area contributed by atoms with Gasteiger partial charge >= 0.3 is 0 Å². The molecule has 7 heterocycles. The van der Waals surface area contributed by atoms with Gasteiger partial charge in [-0.1, -0.05) is 6.07 Å². The zero-order chi connectivity index (χ0) is 28.6. The van der Waals surface area contributed by atoms with Crippen LogP contribution in [0.15, 0.2) is 34.8 Å². The molecule has 2 saturated heterocycles. The number of rotatable bonds is 5. The van der Waals surface area contributed by atoms with Crippen molar-refractivity contribution in [2.75, 3.05) is 12.0 Å². The second-order valence-electron chi connectivity index (χ2n) is 10.7. The SMILES string of the molecule is Cc1csc(-c2ccc(-c3cnn4c(N)c(S(C)(=O)=O)c(C5CC6C[C@@H](C5)N6C(=O)c5n[nH]c(C)n5)nc34)cn2)n1. The van der Waals surface area contributed by atoms with Crippen molar-refractivity contribution < 1.29 is 13.2 Å². The number of nitrogens with zero attached hydrogens (tertiary/aromatic N) is 8. The molecule has 3 atom stereocenters. The number of piperidine rings is 1. The Balaban J connectivity index is 1.25. The molecule has 0 spiro atoms. The first-order valence-electron chi connectivity index (χ1n) is 13.1. The standard InChI is InChI=1S/C26H26N10O3S2/c1-12-11-40-25(30-12)19-5-4-14(9-28-19)18-10-29-36-22(27)21(41(3,38)39)20(32-24(18)36)15-6-16-8-17(7-15)35(16)26(37)23-31-13(2)33-34-23/h4-5,9-11,15-17H,6-8,27H2,1-3H3,(H,31,33,34)/t15?,16-,17?/m1/s1. The molecular weight excluding hydrogens is 564 g/mol. The van der Waals surface area contributed by atoms with Crippen molar-refractivity contribution in [3.63, 3.8) is 0 Å². The average molecular weight is 591 g/mol. The summed E-state index contributed by atoms with van der Waals surface area (Å²) >= 11 is 1.53. The minimum atomic E-state index is -3.74. The lowest BCUT2D eigenvalue weighted by molar-refractivity contribution is -0.0205. The molecule has 1 saturated carbocycles. The Morgan fingerprint density at radius 2 is 1.88 bits per heavy atom. The van der Waals surface area contributed by atoms with Gasteiger partial charge in [0, 0.05) is 52.7 Å². The molecule has 5 aromatic heterocycles. The molecule has 0 radical (unpaired) electrons. The molecule has 210 valence electrons. The molecule has 3 aliphatic rings. The van der Waals surface area contributed by atoms with Crippen LogP contribution in [-0.2, 0) is 9.84 Å². The van der Waals surface area contributed by atoms with Crippen molar-refractivity contribution >= 4 is 38.5 Å². The van der Waals surface area contributed by atoms with Crippen LogP contribution in [-0.4, -0.2) is 77.3 Å². The van der Waals surface area contributed by atoms with Crippen molar-refractivity contribution in [3.05, 3.63) is 52.9 Å². The second kappa shape index (κ2) is 9.14. The summed E-state index contributed by atoms with van der Waals surface area (Å²) in [4.78, 5) is 33.0. The number of hydrogen-bond donors (Lipinski definition) is 2. The zero-order valence-corrected chi connectivity index (χ0v) is 24.1. The highest BCUT2D eigenvalue weighted by Crippen LogP contribution is 2.47. The molecule has 5 aromatic rings. The van der Waals surface area contributed by atoms with Crippen LogP contribution in [0.4, 0.5) is 5.82 Å². The number of amides is 1. The Bertz CT molecular complexity index is 1930. The molecule has 3 fully saturated rings. The van der Waals surface area contributed by atoms with Crippen LogP contribution in [0.5, 0.6) is 0 Å². The summed E-state index contributed by atoms with van der Waals surface area (Å²) in [5, 5.41) is 13.9. The van der Waals surface area contributed by atoms with E-state index in [-0.39, 0.29) is 40.4 Å². The summed E-state index contributed by atoms with van der Waals surface area (Å²) in [5.41, 5.74) is 10.5. The monoisotopic (exact) mass is 590 g/mol. The van der Waals surface area contributed by atoms with Crippen molar-refractivity contribution in [2.45, 2.75) is 56.0 Å². The lowest BCUT2D eigenvalue weighted by Gasteiger charge is -2.54. The Labute approximate surface area is 238 Å². The highest BCUT2D eigenvalue weighted by Gasteiger charge is 2.50. The maximum Gasteiger partial charge on any atom is 0.294 e. The number of thiazole rings is 1. The number of aromatic nitrogens is 8. The summed E-state index contributed by atoms with van der Waals surface area (Å²) in [6, 6.07) is 3.68.